The molecule has 226 valence electrons. The number of aliphatic hydroxyl groups is 1. The highest BCUT2D eigenvalue weighted by atomic mass is 32.2. The molecular formula is C26H31F5N4O5S. The lowest BCUT2D eigenvalue weighted by Crippen LogP contribution is -2.47. The van der Waals surface area contributed by atoms with E-state index in [0.29, 0.717) is 0 Å². The minimum absolute atomic E-state index is 0.0292. The number of hydrogen-bond acceptors (Lipinski definition) is 7. The minimum Gasteiger partial charge on any atom is -0.433 e. The van der Waals surface area contributed by atoms with Gasteiger partial charge in [-0.1, -0.05) is 19.9 Å². The third kappa shape index (κ3) is 7.34. The average molecular weight is 607 g/mol. The molecule has 41 heavy (non-hydrogen) atoms. The first-order valence-electron chi connectivity index (χ1n) is 12.6. The van der Waals surface area contributed by atoms with Crippen molar-refractivity contribution < 1.29 is 45.0 Å². The van der Waals surface area contributed by atoms with E-state index in [0.717, 1.165) is 30.7 Å². The van der Waals surface area contributed by atoms with Gasteiger partial charge in [0.1, 0.15) is 27.5 Å². The molecule has 0 radical (unpaired) electrons. The molecule has 1 aliphatic carbocycles. The van der Waals surface area contributed by atoms with Crippen LogP contribution in [0.3, 0.4) is 0 Å². The molecule has 1 aromatic heterocycles. The Morgan fingerprint density at radius 2 is 1.90 bits per heavy atom. The van der Waals surface area contributed by atoms with Gasteiger partial charge in [-0.3, -0.25) is 9.36 Å². The Hall–Kier alpha value is -3.25. The van der Waals surface area contributed by atoms with E-state index in [-0.39, 0.29) is 60.7 Å². The number of aromatic nitrogens is 2. The number of hydrogen-bond donors (Lipinski definition) is 2. The largest absolute Gasteiger partial charge is 0.433 e. The molecule has 0 bridgehead atoms. The monoisotopic (exact) mass is 606 g/mol. The number of alkyl halides is 5. The molecule has 0 aliphatic heterocycles. The fourth-order valence-corrected chi connectivity index (χ4v) is 5.90. The quantitative estimate of drug-likeness (QED) is 0.408. The van der Waals surface area contributed by atoms with Crippen molar-refractivity contribution in [3.05, 3.63) is 41.0 Å². The molecule has 1 fully saturated rings. The second-order valence-electron chi connectivity index (χ2n) is 11.0. The van der Waals surface area contributed by atoms with Crippen LogP contribution in [0.15, 0.2) is 18.2 Å². The van der Waals surface area contributed by atoms with Crippen LogP contribution in [0, 0.1) is 23.7 Å². The molecule has 1 saturated carbocycles. The second-order valence-corrected chi connectivity index (χ2v) is 13.3. The van der Waals surface area contributed by atoms with E-state index < -0.39 is 57.0 Å². The summed E-state index contributed by atoms with van der Waals surface area (Å²) in [6.07, 6.45) is -3.30. The van der Waals surface area contributed by atoms with Crippen molar-refractivity contribution in [2.75, 3.05) is 12.8 Å². The van der Waals surface area contributed by atoms with Gasteiger partial charge in [0, 0.05) is 12.8 Å². The van der Waals surface area contributed by atoms with Crippen molar-refractivity contribution in [3.8, 4) is 17.5 Å². The van der Waals surface area contributed by atoms with Gasteiger partial charge in [-0.25, -0.2) is 13.4 Å². The summed E-state index contributed by atoms with van der Waals surface area (Å²) in [7, 11) is -3.27. The van der Waals surface area contributed by atoms with Crippen LogP contribution in [-0.4, -0.2) is 65.4 Å². The zero-order chi connectivity index (χ0) is 31.0. The lowest BCUT2D eigenvalue weighted by atomic mass is 9.84. The van der Waals surface area contributed by atoms with Gasteiger partial charge >= 0.3 is 12.8 Å². The topological polar surface area (TPSA) is 134 Å². The van der Waals surface area contributed by atoms with E-state index in [2.05, 4.69) is 15.0 Å². The number of carbonyl (C=O) groups is 1. The van der Waals surface area contributed by atoms with Gasteiger partial charge in [-0.2, -0.15) is 27.2 Å². The predicted molar refractivity (Wildman–Crippen MR) is 138 cm³/mol. The summed E-state index contributed by atoms with van der Waals surface area (Å²) >= 11 is 0. The smallest absolute Gasteiger partial charge is 0.394 e. The van der Waals surface area contributed by atoms with Gasteiger partial charge in [0.15, 0.2) is 11.4 Å². The van der Waals surface area contributed by atoms with Crippen molar-refractivity contribution in [1.29, 1.82) is 5.26 Å². The Balaban J connectivity index is 1.90. The maximum atomic E-state index is 13.4. The van der Waals surface area contributed by atoms with Crippen LogP contribution in [-0.2, 0) is 16.3 Å². The number of ether oxygens (including phenoxy) is 1. The van der Waals surface area contributed by atoms with Crippen molar-refractivity contribution in [3.63, 3.8) is 0 Å². The fraction of sp³-hybridized carbons (Fsp3) is 0.577. The van der Waals surface area contributed by atoms with Crippen molar-refractivity contribution in [2.24, 2.45) is 5.41 Å². The highest BCUT2D eigenvalue weighted by molar-refractivity contribution is 7.91. The SMILES string of the molecule is Cc1nc(C(=O)NCC2(O)CCC(S(C)(=O)=O)CC2)c(C#N)n1-c1ccc(CC(C)(C)C(F)(F)F)cc1OC(F)F. The van der Waals surface area contributed by atoms with Crippen LogP contribution in [0.1, 0.15) is 67.1 Å². The van der Waals surface area contributed by atoms with E-state index in [1.165, 1.54) is 19.1 Å². The molecule has 15 heteroatoms. The number of nitrogens with one attached hydrogen (secondary N) is 1. The molecule has 2 N–H and O–H groups in total. The van der Waals surface area contributed by atoms with E-state index in [4.69, 9.17) is 0 Å². The van der Waals surface area contributed by atoms with Crippen molar-refractivity contribution in [1.82, 2.24) is 14.9 Å². The summed E-state index contributed by atoms with van der Waals surface area (Å²) in [5, 5.41) is 22.6. The highest BCUT2D eigenvalue weighted by Crippen LogP contribution is 2.41. The molecule has 1 heterocycles. The van der Waals surface area contributed by atoms with Gasteiger partial charge in [-0.15, -0.1) is 0 Å². The number of carbonyl (C=O) groups excluding carboxylic acids is 1. The molecule has 3 rings (SSSR count). The normalized spacial score (nSPS) is 20.1. The van der Waals surface area contributed by atoms with Gasteiger partial charge in [0.2, 0.25) is 0 Å². The molecule has 1 aromatic carbocycles. The number of rotatable bonds is 9. The van der Waals surface area contributed by atoms with Crippen LogP contribution in [0.2, 0.25) is 0 Å². The molecule has 0 saturated heterocycles. The molecule has 2 aromatic rings. The van der Waals surface area contributed by atoms with E-state index >= 15 is 0 Å². The Morgan fingerprint density at radius 3 is 2.41 bits per heavy atom. The Bertz CT molecular complexity index is 1440. The molecule has 1 aliphatic rings. The van der Waals surface area contributed by atoms with E-state index in [9.17, 15) is 45.5 Å². The number of nitrogens with zero attached hydrogens (tertiary/aromatic N) is 3. The first kappa shape index (κ1) is 32.3. The number of benzene rings is 1. The highest BCUT2D eigenvalue weighted by Gasteiger charge is 2.47. The van der Waals surface area contributed by atoms with Crippen LogP contribution < -0.4 is 10.1 Å². The van der Waals surface area contributed by atoms with Crippen molar-refractivity contribution >= 4 is 15.7 Å². The van der Waals surface area contributed by atoms with Gasteiger partial charge in [0.05, 0.1) is 22.0 Å². The van der Waals surface area contributed by atoms with E-state index in [1.54, 1.807) is 6.07 Å². The summed E-state index contributed by atoms with van der Waals surface area (Å²) in [4.78, 5) is 17.1. The summed E-state index contributed by atoms with van der Waals surface area (Å²) in [6, 6.07) is 5.32. The lowest BCUT2D eigenvalue weighted by Gasteiger charge is -2.35. The maximum Gasteiger partial charge on any atom is 0.394 e. The van der Waals surface area contributed by atoms with Crippen LogP contribution >= 0.6 is 0 Å². The first-order valence-corrected chi connectivity index (χ1v) is 14.6. The number of imidazole rings is 1. The molecular weight excluding hydrogens is 575 g/mol. The number of aryl methyl sites for hydroxylation is 1. The lowest BCUT2D eigenvalue weighted by molar-refractivity contribution is -0.211. The molecule has 1 amide bonds. The minimum atomic E-state index is -4.56. The summed E-state index contributed by atoms with van der Waals surface area (Å²) in [5.74, 6) is -1.33. The number of nitriles is 1. The Morgan fingerprint density at radius 1 is 1.29 bits per heavy atom. The summed E-state index contributed by atoms with van der Waals surface area (Å²) < 4.78 is 96.0. The molecule has 9 nitrogen and oxygen atoms in total. The van der Waals surface area contributed by atoms with Gasteiger partial charge in [-0.05, 0) is 56.7 Å². The Labute approximate surface area is 234 Å². The number of amides is 1. The van der Waals surface area contributed by atoms with Gasteiger partial charge in [0.25, 0.3) is 5.91 Å². The standard InChI is InChI=1S/C26H31F5N4O5S/c1-15-34-21(22(36)33-14-25(37)9-7-17(8-10-25)41(4,38)39)19(13-32)35(15)18-6-5-16(11-20(18)40-23(27)28)12-24(2,3)26(29,30)31/h5-6,11,17,23,37H,7-10,12,14H2,1-4H3,(H,33,36). The Kier molecular flexibility index (Phi) is 9.10. The van der Waals surface area contributed by atoms with E-state index in [1.807, 2.05) is 0 Å². The molecule has 0 atom stereocenters. The third-order valence-electron chi connectivity index (χ3n) is 7.31. The first-order chi connectivity index (χ1) is 18.8. The number of sulfone groups is 1. The fourth-order valence-electron chi connectivity index (χ4n) is 4.80. The van der Waals surface area contributed by atoms with Crippen molar-refractivity contribution in [2.45, 2.75) is 76.5 Å². The predicted octanol–water partition coefficient (Wildman–Crippen LogP) is 4.23. The van der Waals surface area contributed by atoms with Crippen LogP contribution in [0.4, 0.5) is 22.0 Å². The zero-order valence-corrected chi connectivity index (χ0v) is 23.7. The molecule has 0 spiro atoms. The van der Waals surface area contributed by atoms with Gasteiger partial charge < -0.3 is 15.2 Å². The summed E-state index contributed by atoms with van der Waals surface area (Å²) in [5.41, 5.74) is -4.35. The molecule has 0 unspecified atom stereocenters. The maximum absolute atomic E-state index is 13.4. The third-order valence-corrected chi connectivity index (χ3v) is 8.99. The summed E-state index contributed by atoms with van der Waals surface area (Å²) in [6.45, 7) is -0.245. The average Bonchev–Trinajstić information content (AvgIpc) is 3.17. The second kappa shape index (κ2) is 11.6. The van der Waals surface area contributed by atoms with Crippen LogP contribution in [0.25, 0.3) is 5.69 Å². The van der Waals surface area contributed by atoms with Crippen LogP contribution in [0.5, 0.6) is 5.75 Å². The number of halogens is 5. The zero-order valence-electron chi connectivity index (χ0n) is 22.8.